The van der Waals surface area contributed by atoms with Gasteiger partial charge in [0.05, 0.1) is 6.15 Å². The average molecular weight is 445 g/mol. The molecule has 3 aromatic rings. The highest BCUT2D eigenvalue weighted by Crippen LogP contribution is 2.24. The first-order valence-corrected chi connectivity index (χ1v) is 11.4. The van der Waals surface area contributed by atoms with Gasteiger partial charge in [0, 0.05) is 15.1 Å². The molecule has 0 amide bonds. The Bertz CT molecular complexity index is 901. The molecule has 0 aromatic heterocycles. The van der Waals surface area contributed by atoms with Crippen LogP contribution in [0.2, 0.25) is 21.4 Å². The number of hydrogen-bond donors (Lipinski definition) is 0. The monoisotopic (exact) mass is 443 g/mol. The van der Waals surface area contributed by atoms with Crippen molar-refractivity contribution in [3.8, 4) is 0 Å². The van der Waals surface area contributed by atoms with Crippen molar-refractivity contribution >= 4 is 57.3 Å². The number of halogens is 3. The third-order valence-electron chi connectivity index (χ3n) is 6.29. The molecule has 0 radical (unpaired) electrons. The highest BCUT2D eigenvalue weighted by Gasteiger charge is 2.30. The first-order valence-electron chi connectivity index (χ1n) is 10.3. The Morgan fingerprint density at radius 1 is 0.621 bits per heavy atom. The van der Waals surface area contributed by atoms with E-state index in [1.54, 1.807) is 0 Å². The second kappa shape index (κ2) is 9.17. The van der Waals surface area contributed by atoms with Crippen LogP contribution in [0.4, 0.5) is 0 Å². The molecule has 3 aromatic carbocycles. The molecule has 29 heavy (non-hydrogen) atoms. The van der Waals surface area contributed by atoms with Gasteiger partial charge in [-0.1, -0.05) is 109 Å². The Balaban J connectivity index is 2.38. The average Bonchev–Trinajstić information content (AvgIpc) is 2.70. The first kappa shape index (κ1) is 22.3. The fraction of sp³-hybridized carbons (Fsp3) is 0.280. The van der Waals surface area contributed by atoms with Crippen LogP contribution >= 0.6 is 34.8 Å². The summed E-state index contributed by atoms with van der Waals surface area (Å²) in [6, 6.07) is 19.4. The molecule has 0 aliphatic rings. The van der Waals surface area contributed by atoms with Crippen LogP contribution in [0.1, 0.15) is 36.5 Å². The maximum Gasteiger partial charge on any atom is 0.0816 e. The molecule has 0 atom stereocenters. The SMILES string of the molecule is CCCC[B-](c1ccc(C)c(Cl)c1)(c1ccc(C)c(Cl)c1)c1ccc(C)c(Cl)c1. The van der Waals surface area contributed by atoms with Crippen LogP contribution in [-0.2, 0) is 0 Å². The zero-order valence-corrected chi connectivity index (χ0v) is 19.8. The van der Waals surface area contributed by atoms with Gasteiger partial charge in [-0.15, -0.1) is 0 Å². The van der Waals surface area contributed by atoms with Crippen molar-refractivity contribution < 1.29 is 0 Å². The minimum atomic E-state index is -1.27. The molecule has 0 spiro atoms. The molecule has 0 fully saturated rings. The van der Waals surface area contributed by atoms with Gasteiger partial charge in [0.1, 0.15) is 0 Å². The standard InChI is InChI=1S/C25H27BCl3/c1-5-6-13-26(20-10-7-17(2)23(27)14-20,21-11-8-18(3)24(28)15-21)22-12-9-19(4)25(29)16-22/h7-12,14-16H,5-6,13H2,1-4H3/q-1. The number of unbranched alkanes of at least 4 members (excludes halogenated alkanes) is 1. The maximum absolute atomic E-state index is 6.60. The van der Waals surface area contributed by atoms with Crippen LogP contribution in [0.15, 0.2) is 54.6 Å². The van der Waals surface area contributed by atoms with E-state index in [4.69, 9.17) is 34.8 Å². The third kappa shape index (κ3) is 4.38. The van der Waals surface area contributed by atoms with Crippen LogP contribution < -0.4 is 16.4 Å². The summed E-state index contributed by atoms with van der Waals surface area (Å²) in [5.41, 5.74) is 6.94. The van der Waals surface area contributed by atoms with Crippen LogP contribution in [0, 0.1) is 20.8 Å². The zero-order chi connectivity index (χ0) is 21.2. The number of aryl methyl sites for hydroxylation is 3. The van der Waals surface area contributed by atoms with Crippen molar-refractivity contribution in [1.82, 2.24) is 0 Å². The van der Waals surface area contributed by atoms with Crippen LogP contribution in [-0.4, -0.2) is 6.15 Å². The Kier molecular flexibility index (Phi) is 7.04. The molecule has 0 saturated carbocycles. The van der Waals surface area contributed by atoms with Crippen molar-refractivity contribution in [1.29, 1.82) is 0 Å². The molecule has 0 bridgehead atoms. The summed E-state index contributed by atoms with van der Waals surface area (Å²) in [4.78, 5) is 0. The molecule has 3 rings (SSSR count). The summed E-state index contributed by atoms with van der Waals surface area (Å²) in [6.45, 7) is 8.35. The molecule has 0 heterocycles. The van der Waals surface area contributed by atoms with E-state index in [1.165, 1.54) is 16.4 Å². The van der Waals surface area contributed by atoms with E-state index < -0.39 is 6.15 Å². The molecule has 152 valence electrons. The van der Waals surface area contributed by atoms with Crippen molar-refractivity contribution in [2.24, 2.45) is 0 Å². The van der Waals surface area contributed by atoms with Gasteiger partial charge in [0.25, 0.3) is 0 Å². The topological polar surface area (TPSA) is 0 Å². The molecule has 0 nitrogen and oxygen atoms in total. The molecule has 0 aliphatic heterocycles. The number of benzene rings is 3. The molecule has 0 saturated heterocycles. The summed E-state index contributed by atoms with van der Waals surface area (Å²) in [5, 5.41) is 2.38. The Hall–Kier alpha value is -1.41. The number of rotatable bonds is 6. The summed E-state index contributed by atoms with van der Waals surface area (Å²) >= 11 is 19.8. The summed E-state index contributed by atoms with van der Waals surface area (Å²) in [5.74, 6) is 0. The van der Waals surface area contributed by atoms with Gasteiger partial charge < -0.3 is 0 Å². The van der Waals surface area contributed by atoms with E-state index in [-0.39, 0.29) is 0 Å². The van der Waals surface area contributed by atoms with Gasteiger partial charge in [0.2, 0.25) is 0 Å². The fourth-order valence-corrected chi connectivity index (χ4v) is 4.90. The van der Waals surface area contributed by atoms with E-state index in [2.05, 4.69) is 61.5 Å². The van der Waals surface area contributed by atoms with E-state index >= 15 is 0 Å². The van der Waals surface area contributed by atoms with Gasteiger partial charge >= 0.3 is 0 Å². The van der Waals surface area contributed by atoms with E-state index in [0.717, 1.165) is 50.9 Å². The Morgan fingerprint density at radius 3 is 1.24 bits per heavy atom. The lowest BCUT2D eigenvalue weighted by Gasteiger charge is -2.44. The second-order valence-electron chi connectivity index (χ2n) is 8.21. The van der Waals surface area contributed by atoms with Gasteiger partial charge in [0.15, 0.2) is 0 Å². The Labute approximate surface area is 190 Å². The quantitative estimate of drug-likeness (QED) is 0.365. The first-order chi connectivity index (χ1) is 13.8. The molecule has 0 unspecified atom stereocenters. The van der Waals surface area contributed by atoms with Crippen LogP contribution in [0.3, 0.4) is 0 Å². The summed E-state index contributed by atoms with van der Waals surface area (Å²) < 4.78 is 0. The molecular formula is C25H27BCl3-. The van der Waals surface area contributed by atoms with E-state index in [9.17, 15) is 0 Å². The molecule has 0 N–H and O–H groups in total. The lowest BCUT2D eigenvalue weighted by Crippen LogP contribution is -2.67. The lowest BCUT2D eigenvalue weighted by molar-refractivity contribution is 0.874. The van der Waals surface area contributed by atoms with Crippen LogP contribution in [0.25, 0.3) is 0 Å². The largest absolute Gasteiger partial charge is 0.198 e. The minimum absolute atomic E-state index is 0.793. The zero-order valence-electron chi connectivity index (χ0n) is 17.5. The Morgan fingerprint density at radius 2 is 0.966 bits per heavy atom. The number of hydrogen-bond acceptors (Lipinski definition) is 0. The maximum atomic E-state index is 6.60. The van der Waals surface area contributed by atoms with E-state index in [0.29, 0.717) is 0 Å². The fourth-order valence-electron chi connectivity index (χ4n) is 4.33. The highest BCUT2D eigenvalue weighted by molar-refractivity contribution is 7.11. The lowest BCUT2D eigenvalue weighted by atomic mass is 9.14. The van der Waals surface area contributed by atoms with Gasteiger partial charge in [-0.25, -0.2) is 0 Å². The van der Waals surface area contributed by atoms with Gasteiger partial charge in [-0.05, 0) is 37.5 Å². The highest BCUT2D eigenvalue weighted by atomic mass is 35.5. The van der Waals surface area contributed by atoms with Crippen molar-refractivity contribution in [2.45, 2.75) is 46.9 Å². The van der Waals surface area contributed by atoms with Gasteiger partial charge in [-0.2, -0.15) is 22.7 Å². The van der Waals surface area contributed by atoms with Crippen molar-refractivity contribution in [3.63, 3.8) is 0 Å². The second-order valence-corrected chi connectivity index (χ2v) is 9.44. The predicted octanol–water partition coefficient (Wildman–Crippen LogP) is 6.84. The van der Waals surface area contributed by atoms with Crippen molar-refractivity contribution in [3.05, 3.63) is 86.4 Å². The normalized spacial score (nSPS) is 11.7. The summed E-state index contributed by atoms with van der Waals surface area (Å²) in [6.07, 6.45) is 1.95. The third-order valence-corrected chi connectivity index (χ3v) is 7.51. The molecular weight excluding hydrogens is 417 g/mol. The van der Waals surface area contributed by atoms with Crippen molar-refractivity contribution in [2.75, 3.05) is 0 Å². The minimum Gasteiger partial charge on any atom is -0.198 e. The predicted molar refractivity (Wildman–Crippen MR) is 133 cm³/mol. The molecule has 4 heteroatoms. The van der Waals surface area contributed by atoms with Crippen LogP contribution in [0.5, 0.6) is 0 Å². The van der Waals surface area contributed by atoms with Gasteiger partial charge in [-0.3, -0.25) is 0 Å². The summed E-state index contributed by atoms with van der Waals surface area (Å²) in [7, 11) is 0. The molecule has 0 aliphatic carbocycles. The van der Waals surface area contributed by atoms with E-state index in [1.807, 2.05) is 20.8 Å². The smallest absolute Gasteiger partial charge is 0.0816 e.